The molecular formula is C22H29NO3. The average molecular weight is 355 g/mol. The van der Waals surface area contributed by atoms with E-state index in [9.17, 15) is 9.59 Å². The summed E-state index contributed by atoms with van der Waals surface area (Å²) in [7, 11) is 0. The quantitative estimate of drug-likeness (QED) is 0.691. The van der Waals surface area contributed by atoms with Gasteiger partial charge in [0.15, 0.2) is 5.78 Å². The van der Waals surface area contributed by atoms with E-state index in [4.69, 9.17) is 10.00 Å². The highest BCUT2D eigenvalue weighted by atomic mass is 16.5. The Bertz CT molecular complexity index is 705. The first-order valence-electron chi connectivity index (χ1n) is 10.2. The molecule has 140 valence electrons. The second-order valence-electron chi connectivity index (χ2n) is 9.40. The molecule has 4 rings (SSSR count). The van der Waals surface area contributed by atoms with Gasteiger partial charge in [0.1, 0.15) is 12.5 Å². The number of allylic oxidation sites excluding steroid dienone is 1. The molecule has 26 heavy (non-hydrogen) atoms. The van der Waals surface area contributed by atoms with Gasteiger partial charge in [-0.3, -0.25) is 9.59 Å². The van der Waals surface area contributed by atoms with Crippen molar-refractivity contribution < 1.29 is 14.3 Å². The molecule has 0 N–H and O–H groups in total. The monoisotopic (exact) mass is 355 g/mol. The fourth-order valence-corrected chi connectivity index (χ4v) is 6.97. The summed E-state index contributed by atoms with van der Waals surface area (Å²) in [5.74, 6) is 1.86. The molecule has 4 aliphatic carbocycles. The number of carbonyl (C=O) groups is 2. The van der Waals surface area contributed by atoms with Gasteiger partial charge in [0.2, 0.25) is 0 Å². The second kappa shape index (κ2) is 6.22. The van der Waals surface area contributed by atoms with Gasteiger partial charge in [0.25, 0.3) is 0 Å². The van der Waals surface area contributed by atoms with Gasteiger partial charge >= 0.3 is 5.97 Å². The van der Waals surface area contributed by atoms with E-state index < -0.39 is 0 Å². The molecule has 4 aliphatic rings. The zero-order valence-electron chi connectivity index (χ0n) is 15.9. The van der Waals surface area contributed by atoms with Crippen LogP contribution in [-0.4, -0.2) is 17.9 Å². The molecule has 3 saturated carbocycles. The smallest absolute Gasteiger partial charge is 0.320 e. The van der Waals surface area contributed by atoms with Crippen LogP contribution in [0.15, 0.2) is 11.6 Å². The van der Waals surface area contributed by atoms with Crippen LogP contribution in [0.5, 0.6) is 0 Å². The fraction of sp³-hybridized carbons (Fsp3) is 0.773. The van der Waals surface area contributed by atoms with Gasteiger partial charge < -0.3 is 4.74 Å². The summed E-state index contributed by atoms with van der Waals surface area (Å²) in [5, 5.41) is 8.74. The van der Waals surface area contributed by atoms with E-state index in [1.165, 1.54) is 12.0 Å². The van der Waals surface area contributed by atoms with Crippen LogP contribution in [0, 0.1) is 39.9 Å². The molecule has 0 amide bonds. The largest absolute Gasteiger partial charge is 0.461 e. The van der Waals surface area contributed by atoms with Crippen LogP contribution < -0.4 is 0 Å². The third-order valence-electron chi connectivity index (χ3n) is 8.37. The predicted octanol–water partition coefficient (Wildman–Crippen LogP) is 4.34. The van der Waals surface area contributed by atoms with Crippen LogP contribution >= 0.6 is 0 Å². The number of ether oxygens (including phenoxy) is 1. The van der Waals surface area contributed by atoms with Crippen LogP contribution in [0.1, 0.15) is 71.6 Å². The van der Waals surface area contributed by atoms with Gasteiger partial charge in [-0.15, -0.1) is 0 Å². The number of hydrogen-bond acceptors (Lipinski definition) is 4. The minimum absolute atomic E-state index is 0.0352. The van der Waals surface area contributed by atoms with Crippen molar-refractivity contribution >= 4 is 11.8 Å². The van der Waals surface area contributed by atoms with Crippen LogP contribution in [0.2, 0.25) is 0 Å². The number of carbonyl (C=O) groups excluding carboxylic acids is 2. The van der Waals surface area contributed by atoms with E-state index in [1.54, 1.807) is 0 Å². The van der Waals surface area contributed by atoms with Crippen molar-refractivity contribution in [3.63, 3.8) is 0 Å². The molecule has 3 fully saturated rings. The van der Waals surface area contributed by atoms with Gasteiger partial charge in [-0.05, 0) is 74.2 Å². The lowest BCUT2D eigenvalue weighted by Crippen LogP contribution is -2.51. The normalized spacial score (nSPS) is 44.2. The first-order chi connectivity index (χ1) is 12.4. The van der Waals surface area contributed by atoms with Gasteiger partial charge in [0.05, 0.1) is 6.07 Å². The highest BCUT2D eigenvalue weighted by Crippen LogP contribution is 2.65. The Morgan fingerprint density at radius 2 is 2.00 bits per heavy atom. The number of esters is 1. The maximum Gasteiger partial charge on any atom is 0.320 e. The highest BCUT2D eigenvalue weighted by Gasteiger charge is 2.59. The molecule has 6 atom stereocenters. The Hall–Kier alpha value is -1.63. The fourth-order valence-electron chi connectivity index (χ4n) is 6.97. The summed E-state index contributed by atoms with van der Waals surface area (Å²) >= 11 is 0. The van der Waals surface area contributed by atoms with Gasteiger partial charge in [-0.2, -0.15) is 5.26 Å². The van der Waals surface area contributed by atoms with Crippen LogP contribution in [0.4, 0.5) is 0 Å². The molecule has 4 heteroatoms. The Morgan fingerprint density at radius 1 is 1.19 bits per heavy atom. The lowest BCUT2D eigenvalue weighted by Gasteiger charge is -2.57. The molecule has 0 radical (unpaired) electrons. The van der Waals surface area contributed by atoms with Crippen molar-refractivity contribution in [1.82, 2.24) is 0 Å². The highest BCUT2D eigenvalue weighted by molar-refractivity contribution is 5.91. The van der Waals surface area contributed by atoms with Crippen molar-refractivity contribution in [2.45, 2.75) is 77.7 Å². The lowest BCUT2D eigenvalue weighted by atomic mass is 9.47. The number of nitriles is 1. The molecular weight excluding hydrogens is 326 g/mol. The van der Waals surface area contributed by atoms with Crippen molar-refractivity contribution in [2.75, 3.05) is 0 Å². The maximum atomic E-state index is 11.9. The van der Waals surface area contributed by atoms with Crippen molar-refractivity contribution in [1.29, 1.82) is 5.26 Å². The Morgan fingerprint density at radius 3 is 2.77 bits per heavy atom. The van der Waals surface area contributed by atoms with Crippen molar-refractivity contribution in [3.05, 3.63) is 11.6 Å². The minimum Gasteiger partial charge on any atom is -0.461 e. The van der Waals surface area contributed by atoms with E-state index in [0.29, 0.717) is 30.0 Å². The maximum absolute atomic E-state index is 11.9. The number of ketones is 1. The van der Waals surface area contributed by atoms with Crippen molar-refractivity contribution in [2.24, 2.45) is 28.6 Å². The molecule has 0 aromatic carbocycles. The number of nitrogens with zero attached hydrogens (tertiary/aromatic N) is 1. The van der Waals surface area contributed by atoms with E-state index in [-0.39, 0.29) is 29.3 Å². The van der Waals surface area contributed by atoms with Gasteiger partial charge in [-0.1, -0.05) is 19.4 Å². The summed E-state index contributed by atoms with van der Waals surface area (Å²) in [4.78, 5) is 23.8. The Balaban J connectivity index is 1.57. The number of rotatable bonds is 2. The van der Waals surface area contributed by atoms with E-state index >= 15 is 0 Å². The Labute approximate surface area is 156 Å². The molecule has 1 unspecified atom stereocenters. The zero-order valence-corrected chi connectivity index (χ0v) is 15.9. The van der Waals surface area contributed by atoms with Crippen molar-refractivity contribution in [3.8, 4) is 6.07 Å². The zero-order chi connectivity index (χ0) is 18.5. The first-order valence-corrected chi connectivity index (χ1v) is 10.2. The standard InChI is InChI=1S/C22H29NO3/c1-21-10-7-15(24)13-14(21)3-4-16-17-5-6-19(26-20(25)9-12-23)22(17,2)11-8-18(16)21/h13,16-19H,3-11H2,1-2H3/t16-,17-,18-,19?,21-,22-/m0/s1. The summed E-state index contributed by atoms with van der Waals surface area (Å²) in [5.41, 5.74) is 1.64. The summed E-state index contributed by atoms with van der Waals surface area (Å²) in [6.45, 7) is 4.70. The first kappa shape index (κ1) is 17.8. The van der Waals surface area contributed by atoms with Gasteiger partial charge in [-0.25, -0.2) is 0 Å². The third-order valence-corrected chi connectivity index (χ3v) is 8.37. The molecule has 0 heterocycles. The lowest BCUT2D eigenvalue weighted by molar-refractivity contribution is -0.158. The topological polar surface area (TPSA) is 67.2 Å². The molecule has 0 aliphatic heterocycles. The SMILES string of the molecule is C[C@]12CCC(=O)C=C1CC[C@@H]1[C@@H]2CC[C@]2(C)C(OC(=O)CC#N)CC[C@@H]12. The van der Waals surface area contributed by atoms with E-state index in [0.717, 1.165) is 38.5 Å². The van der Waals surface area contributed by atoms with E-state index in [2.05, 4.69) is 13.8 Å². The number of hydrogen-bond donors (Lipinski definition) is 0. The molecule has 0 aromatic rings. The molecule has 4 nitrogen and oxygen atoms in total. The van der Waals surface area contributed by atoms with Crippen LogP contribution in [0.25, 0.3) is 0 Å². The van der Waals surface area contributed by atoms with Crippen LogP contribution in [0.3, 0.4) is 0 Å². The molecule has 0 saturated heterocycles. The summed E-state index contributed by atoms with van der Waals surface area (Å²) in [6.07, 6.45) is 9.97. The molecule has 0 bridgehead atoms. The average Bonchev–Trinajstić information content (AvgIpc) is 2.92. The minimum atomic E-state index is -0.367. The Kier molecular flexibility index (Phi) is 4.25. The molecule has 0 aromatic heterocycles. The third kappa shape index (κ3) is 2.54. The second-order valence-corrected chi connectivity index (χ2v) is 9.40. The number of fused-ring (bicyclic) bond motifs is 5. The van der Waals surface area contributed by atoms with E-state index in [1.807, 2.05) is 12.1 Å². The summed E-state index contributed by atoms with van der Waals surface area (Å²) in [6, 6.07) is 1.90. The summed E-state index contributed by atoms with van der Waals surface area (Å²) < 4.78 is 5.73. The van der Waals surface area contributed by atoms with Gasteiger partial charge in [0, 0.05) is 11.8 Å². The molecule has 0 spiro atoms. The van der Waals surface area contributed by atoms with Crippen LogP contribution in [-0.2, 0) is 14.3 Å². The predicted molar refractivity (Wildman–Crippen MR) is 96.8 cm³/mol.